The predicted molar refractivity (Wildman–Crippen MR) is 126 cm³/mol. The maximum atomic E-state index is 13.2. The number of aromatic carboxylic acids is 1. The molecule has 16 heteroatoms. The van der Waals surface area contributed by atoms with Gasteiger partial charge in [0.1, 0.15) is 5.75 Å². The molecule has 3 amide bonds. The molecule has 4 rings (SSSR count). The fourth-order valence-corrected chi connectivity index (χ4v) is 5.61. The average molecular weight is 523 g/mol. The van der Waals surface area contributed by atoms with Gasteiger partial charge in [-0.25, -0.2) is 23.0 Å². The van der Waals surface area contributed by atoms with Gasteiger partial charge in [0, 0.05) is 18.5 Å². The number of hydrogen-bond donors (Lipinski definition) is 5. The Morgan fingerprint density at radius 2 is 2.00 bits per heavy atom. The van der Waals surface area contributed by atoms with Crippen LogP contribution >= 0.6 is 11.3 Å². The number of benzene rings is 1. The van der Waals surface area contributed by atoms with Gasteiger partial charge < -0.3 is 36.1 Å². The molecule has 2 aliphatic rings. The number of thiazole rings is 1. The first-order valence-corrected chi connectivity index (χ1v) is 13.2. The summed E-state index contributed by atoms with van der Waals surface area (Å²) >= 11 is 1.07. The van der Waals surface area contributed by atoms with Crippen molar-refractivity contribution in [1.29, 1.82) is 0 Å². The van der Waals surface area contributed by atoms with Crippen molar-refractivity contribution in [1.82, 2.24) is 20.5 Å². The lowest BCUT2D eigenvalue weighted by Crippen LogP contribution is -2.56. The van der Waals surface area contributed by atoms with Crippen molar-refractivity contribution < 1.29 is 37.6 Å². The second-order valence-corrected chi connectivity index (χ2v) is 11.3. The van der Waals surface area contributed by atoms with E-state index >= 15 is 0 Å². The molecule has 13 nitrogen and oxygen atoms in total. The number of carbonyl (C=O) groups is 3. The van der Waals surface area contributed by atoms with Crippen molar-refractivity contribution in [2.24, 2.45) is 0 Å². The lowest BCUT2D eigenvalue weighted by molar-refractivity contribution is -0.123. The van der Waals surface area contributed by atoms with Crippen LogP contribution in [0.2, 0.25) is 0 Å². The molecular weight excluding hydrogens is 501 g/mol. The molecule has 6 N–H and O–H groups in total. The molecular formula is C19H22BN5O8S2. The Balaban J connectivity index is 1.50. The number of hydrogen-bond acceptors (Lipinski definition) is 10. The first-order valence-electron chi connectivity index (χ1n) is 10.5. The monoisotopic (exact) mass is 523 g/mol. The number of nitrogens with two attached hydrogens (primary N) is 1. The van der Waals surface area contributed by atoms with E-state index in [1.54, 1.807) is 6.07 Å². The molecule has 35 heavy (non-hydrogen) atoms. The van der Waals surface area contributed by atoms with E-state index in [-0.39, 0.29) is 53.2 Å². The molecule has 3 heterocycles. The number of anilines is 1. The van der Waals surface area contributed by atoms with Crippen LogP contribution in [0.1, 0.15) is 27.7 Å². The summed E-state index contributed by atoms with van der Waals surface area (Å²) in [4.78, 5) is 42.8. The summed E-state index contributed by atoms with van der Waals surface area (Å²) in [5, 5.41) is 26.6. The van der Waals surface area contributed by atoms with E-state index in [0.717, 1.165) is 11.3 Å². The summed E-state index contributed by atoms with van der Waals surface area (Å²) in [6, 6.07) is 2.56. The van der Waals surface area contributed by atoms with Gasteiger partial charge in [0.2, 0.25) is 5.91 Å². The molecule has 1 fully saturated rings. The fourth-order valence-electron chi connectivity index (χ4n) is 3.82. The van der Waals surface area contributed by atoms with E-state index in [1.165, 1.54) is 22.4 Å². The van der Waals surface area contributed by atoms with Crippen molar-refractivity contribution >= 4 is 51.3 Å². The first kappa shape index (κ1) is 24.7. The van der Waals surface area contributed by atoms with Crippen LogP contribution in [0.4, 0.5) is 9.93 Å². The Hall–Kier alpha value is -3.37. The third-order valence-corrected chi connectivity index (χ3v) is 7.98. The molecule has 0 saturated carbocycles. The summed E-state index contributed by atoms with van der Waals surface area (Å²) in [6.07, 6.45) is 0.0766. The predicted octanol–water partition coefficient (Wildman–Crippen LogP) is -0.956. The standard InChI is InChI=1S/C19H22BN5O8S2/c21-18-22-12(9-34-18)14(24-19(29)25-4-6-35(31,32)7-5-25)16(26)23-13-8-10-2-1-3-11(17(27)28)15(10)33-20(13)30/h1-3,9,13-14,30H,4-8H2,(H2,21,22)(H,23,26)(H,24,29)(H,27,28)/t13-,14?/m0/s1. The highest BCUT2D eigenvalue weighted by Gasteiger charge is 2.40. The third kappa shape index (κ3) is 5.49. The van der Waals surface area contributed by atoms with Crippen molar-refractivity contribution in [2.45, 2.75) is 18.4 Å². The van der Waals surface area contributed by atoms with Crippen LogP contribution < -0.4 is 21.0 Å². The molecule has 1 aromatic carbocycles. The van der Waals surface area contributed by atoms with Crippen LogP contribution in [-0.2, 0) is 21.1 Å². The van der Waals surface area contributed by atoms with Crippen LogP contribution in [0.15, 0.2) is 23.6 Å². The van der Waals surface area contributed by atoms with E-state index < -0.39 is 46.8 Å². The van der Waals surface area contributed by atoms with E-state index in [2.05, 4.69) is 15.6 Å². The number of sulfone groups is 1. The van der Waals surface area contributed by atoms with Gasteiger partial charge in [-0.15, -0.1) is 11.3 Å². The maximum absolute atomic E-state index is 13.2. The zero-order chi connectivity index (χ0) is 25.3. The van der Waals surface area contributed by atoms with Gasteiger partial charge in [0.25, 0.3) is 0 Å². The SMILES string of the molecule is Nc1nc(C(NC(=O)N2CCS(=O)(=O)CC2)C(=O)N[C@H]2Cc3cccc(C(=O)O)c3OB2O)cs1. The number of para-hydroxylation sites is 1. The largest absolute Gasteiger partial charge is 0.547 e. The number of amides is 3. The molecule has 1 unspecified atom stereocenters. The molecule has 1 aromatic heterocycles. The number of urea groups is 1. The maximum Gasteiger partial charge on any atom is 0.547 e. The van der Waals surface area contributed by atoms with Crippen molar-refractivity contribution in [2.75, 3.05) is 30.3 Å². The molecule has 2 atom stereocenters. The summed E-state index contributed by atoms with van der Waals surface area (Å²) < 4.78 is 28.7. The lowest BCUT2D eigenvalue weighted by Gasteiger charge is -2.31. The molecule has 186 valence electrons. The Kier molecular flexibility index (Phi) is 6.87. The summed E-state index contributed by atoms with van der Waals surface area (Å²) in [6.45, 7) is -0.0286. The van der Waals surface area contributed by atoms with E-state index in [9.17, 15) is 32.9 Å². The number of nitrogen functional groups attached to an aromatic ring is 1. The van der Waals surface area contributed by atoms with Gasteiger partial charge in [-0.05, 0) is 18.1 Å². The second-order valence-electron chi connectivity index (χ2n) is 8.06. The Morgan fingerprint density at radius 3 is 2.63 bits per heavy atom. The van der Waals surface area contributed by atoms with Crippen molar-refractivity contribution in [3.63, 3.8) is 0 Å². The van der Waals surface area contributed by atoms with Crippen LogP contribution in [0.25, 0.3) is 0 Å². The van der Waals surface area contributed by atoms with Crippen LogP contribution in [0, 0.1) is 0 Å². The first-order chi connectivity index (χ1) is 16.5. The highest BCUT2D eigenvalue weighted by molar-refractivity contribution is 7.91. The number of carboxylic acid groups (broad SMARTS) is 1. The van der Waals surface area contributed by atoms with Gasteiger partial charge in [0.15, 0.2) is 21.0 Å². The topological polar surface area (TPSA) is 201 Å². The highest BCUT2D eigenvalue weighted by atomic mass is 32.2. The molecule has 0 bridgehead atoms. The Morgan fingerprint density at radius 1 is 1.29 bits per heavy atom. The van der Waals surface area contributed by atoms with E-state index in [0.29, 0.717) is 5.56 Å². The van der Waals surface area contributed by atoms with Gasteiger partial charge in [-0.1, -0.05) is 12.1 Å². The minimum atomic E-state index is -3.21. The van der Waals surface area contributed by atoms with E-state index in [1.807, 2.05) is 0 Å². The van der Waals surface area contributed by atoms with Crippen LogP contribution in [-0.4, -0.2) is 84.0 Å². The summed E-state index contributed by atoms with van der Waals surface area (Å²) in [5.41, 5.74) is 6.23. The number of fused-ring (bicyclic) bond motifs is 1. The quantitative estimate of drug-likeness (QED) is 0.304. The van der Waals surface area contributed by atoms with Crippen molar-refractivity contribution in [3.8, 4) is 5.75 Å². The third-order valence-electron chi connectivity index (χ3n) is 5.67. The minimum absolute atomic E-state index is 0.0143. The highest BCUT2D eigenvalue weighted by Crippen LogP contribution is 2.30. The smallest absolute Gasteiger partial charge is 0.534 e. The number of rotatable bonds is 5. The van der Waals surface area contributed by atoms with Gasteiger partial charge in [0.05, 0.1) is 28.7 Å². The number of aromatic nitrogens is 1. The second kappa shape index (κ2) is 9.71. The van der Waals surface area contributed by atoms with E-state index in [4.69, 9.17) is 10.4 Å². The minimum Gasteiger partial charge on any atom is -0.534 e. The lowest BCUT2D eigenvalue weighted by atomic mass is 9.72. The average Bonchev–Trinajstić information content (AvgIpc) is 3.23. The molecule has 2 aromatic rings. The molecule has 0 spiro atoms. The Bertz CT molecular complexity index is 1260. The number of carbonyl (C=O) groups excluding carboxylic acids is 2. The van der Waals surface area contributed by atoms with Gasteiger partial charge in [-0.3, -0.25) is 4.79 Å². The van der Waals surface area contributed by atoms with Crippen molar-refractivity contribution in [3.05, 3.63) is 40.4 Å². The van der Waals surface area contributed by atoms with Gasteiger partial charge >= 0.3 is 19.1 Å². The number of nitrogens with one attached hydrogen (secondary N) is 2. The molecule has 2 aliphatic heterocycles. The normalized spacial score (nSPS) is 19.7. The summed E-state index contributed by atoms with van der Waals surface area (Å²) in [7, 11) is -4.75. The molecule has 0 radical (unpaired) electrons. The zero-order valence-electron chi connectivity index (χ0n) is 18.2. The molecule has 0 aliphatic carbocycles. The Labute approximate surface area is 204 Å². The number of carboxylic acids is 1. The van der Waals surface area contributed by atoms with Gasteiger partial charge in [-0.2, -0.15) is 0 Å². The zero-order valence-corrected chi connectivity index (χ0v) is 19.8. The fraction of sp³-hybridized carbons (Fsp3) is 0.368. The van der Waals surface area contributed by atoms with Crippen LogP contribution in [0.3, 0.4) is 0 Å². The summed E-state index contributed by atoms with van der Waals surface area (Å²) in [5.74, 6) is -3.20. The van der Waals surface area contributed by atoms with Crippen LogP contribution in [0.5, 0.6) is 5.75 Å². The number of nitrogens with zero attached hydrogens (tertiary/aromatic N) is 2. The molecule has 1 saturated heterocycles.